The molecule has 2 amide bonds. The Hall–Kier alpha value is -2.00. The Labute approximate surface area is 164 Å². The van der Waals surface area contributed by atoms with Crippen LogP contribution in [-0.4, -0.2) is 35.3 Å². The Morgan fingerprint density at radius 1 is 1.19 bits per heavy atom. The first kappa shape index (κ1) is 21.3. The average Bonchev–Trinajstić information content (AvgIpc) is 3.01. The summed E-state index contributed by atoms with van der Waals surface area (Å²) in [6.07, 6.45) is 1.17. The van der Waals surface area contributed by atoms with Crippen LogP contribution in [0.2, 0.25) is 0 Å². The number of aromatic nitrogens is 2. The number of hydrogen-bond acceptors (Lipinski definition) is 6. The molecule has 148 valence electrons. The van der Waals surface area contributed by atoms with E-state index in [1.165, 1.54) is 6.26 Å². The summed E-state index contributed by atoms with van der Waals surface area (Å²) in [5, 5.41) is 5.00. The normalized spacial score (nSPS) is 14.4. The lowest BCUT2D eigenvalue weighted by Gasteiger charge is -2.24. The molecule has 0 aliphatic heterocycles. The molecule has 2 aromatic rings. The summed E-state index contributed by atoms with van der Waals surface area (Å²) in [6, 6.07) is 6.22. The number of aryl methyl sites for hydroxylation is 1. The fourth-order valence-electron chi connectivity index (χ4n) is 2.35. The van der Waals surface area contributed by atoms with E-state index in [1.54, 1.807) is 6.92 Å². The van der Waals surface area contributed by atoms with Crippen LogP contribution in [0.1, 0.15) is 50.7 Å². The predicted molar refractivity (Wildman–Crippen MR) is 109 cm³/mol. The maximum atomic E-state index is 12.5. The molecule has 2 N–H and O–H groups in total. The number of nitrogens with zero attached hydrogens (tertiary/aromatic N) is 2. The smallest absolute Gasteiger partial charge is 0.321 e. The van der Waals surface area contributed by atoms with Gasteiger partial charge in [-0.3, -0.25) is 5.32 Å². The number of hydrogen-bond donors (Lipinski definition) is 2. The van der Waals surface area contributed by atoms with E-state index in [0.29, 0.717) is 11.0 Å². The van der Waals surface area contributed by atoms with Gasteiger partial charge in [-0.1, -0.05) is 50.6 Å². The predicted octanol–water partition coefficient (Wildman–Crippen LogP) is 3.44. The van der Waals surface area contributed by atoms with E-state index in [4.69, 9.17) is 0 Å². The topological polar surface area (TPSA) is 101 Å². The number of urea groups is 1. The van der Waals surface area contributed by atoms with Gasteiger partial charge in [-0.2, -0.15) is 4.37 Å². The van der Waals surface area contributed by atoms with Gasteiger partial charge in [0.1, 0.15) is 5.82 Å². The number of carbonyl (C=O) groups is 1. The Kier molecular flexibility index (Phi) is 6.26. The third kappa shape index (κ3) is 5.74. The molecule has 1 aromatic heterocycles. The monoisotopic (exact) mass is 410 g/mol. The summed E-state index contributed by atoms with van der Waals surface area (Å²) >= 11 is 1.09. The van der Waals surface area contributed by atoms with Crippen LogP contribution in [0.4, 0.5) is 9.93 Å². The van der Waals surface area contributed by atoms with E-state index in [1.807, 2.05) is 52.0 Å². The second-order valence-corrected chi connectivity index (χ2v) is 10.8. The molecule has 1 heterocycles. The fraction of sp³-hybridized carbons (Fsp3) is 0.500. The summed E-state index contributed by atoms with van der Waals surface area (Å²) in [5.41, 5.74) is 1.56. The lowest BCUT2D eigenvalue weighted by Crippen LogP contribution is -2.40. The van der Waals surface area contributed by atoms with Gasteiger partial charge in [-0.25, -0.2) is 18.2 Å². The molecule has 2 atom stereocenters. The number of sulfone groups is 1. The molecule has 0 spiro atoms. The average molecular weight is 411 g/mol. The Morgan fingerprint density at radius 2 is 1.78 bits per heavy atom. The quantitative estimate of drug-likeness (QED) is 0.786. The zero-order chi connectivity index (χ0) is 20.4. The number of benzene rings is 1. The zero-order valence-electron chi connectivity index (χ0n) is 16.4. The van der Waals surface area contributed by atoms with Gasteiger partial charge in [0.15, 0.2) is 9.84 Å². The molecule has 27 heavy (non-hydrogen) atoms. The van der Waals surface area contributed by atoms with Crippen molar-refractivity contribution in [1.82, 2.24) is 14.7 Å². The molecule has 0 bridgehead atoms. The molecule has 0 saturated heterocycles. The molecule has 1 aromatic carbocycles. The molecule has 0 fully saturated rings. The van der Waals surface area contributed by atoms with Crippen LogP contribution in [0, 0.1) is 6.92 Å². The third-order valence-electron chi connectivity index (χ3n) is 4.19. The number of nitrogens with one attached hydrogen (secondary N) is 2. The van der Waals surface area contributed by atoms with Crippen molar-refractivity contribution in [2.75, 3.05) is 11.6 Å². The van der Waals surface area contributed by atoms with Gasteiger partial charge in [0.2, 0.25) is 5.13 Å². The number of anilines is 1. The maximum Gasteiger partial charge on any atom is 0.321 e. The largest absolute Gasteiger partial charge is 0.330 e. The van der Waals surface area contributed by atoms with Crippen LogP contribution in [0.3, 0.4) is 0 Å². The van der Waals surface area contributed by atoms with Crippen molar-refractivity contribution >= 4 is 32.5 Å². The standard InChI is InChI=1S/C18H26N4O3S2/c1-11-7-9-13(10-8-11)14(12(2)27(6,24)25)19-16(23)21-17-20-15(22-26-17)18(3,4)5/h7-10,12,14H,1-6H3,(H2,19,20,21,22,23). The Morgan fingerprint density at radius 3 is 2.26 bits per heavy atom. The van der Waals surface area contributed by atoms with E-state index in [0.717, 1.165) is 22.7 Å². The summed E-state index contributed by atoms with van der Waals surface area (Å²) in [6.45, 7) is 9.49. The number of amides is 2. The Balaban J connectivity index is 2.20. The highest BCUT2D eigenvalue weighted by atomic mass is 32.2. The molecule has 2 rings (SSSR count). The third-order valence-corrected chi connectivity index (χ3v) is 6.44. The summed E-state index contributed by atoms with van der Waals surface area (Å²) in [5.74, 6) is 0.641. The number of carbonyl (C=O) groups excluding carboxylic acids is 1. The summed E-state index contributed by atoms with van der Waals surface area (Å²) in [7, 11) is -3.36. The highest BCUT2D eigenvalue weighted by Gasteiger charge is 2.29. The van der Waals surface area contributed by atoms with Crippen LogP contribution in [0.25, 0.3) is 0 Å². The number of rotatable bonds is 5. The van der Waals surface area contributed by atoms with Gasteiger partial charge in [0, 0.05) is 23.2 Å². The maximum absolute atomic E-state index is 12.5. The lowest BCUT2D eigenvalue weighted by molar-refractivity contribution is 0.248. The van der Waals surface area contributed by atoms with Crippen molar-refractivity contribution in [1.29, 1.82) is 0 Å². The molecule has 0 saturated carbocycles. The van der Waals surface area contributed by atoms with E-state index in [-0.39, 0.29) is 5.41 Å². The first-order valence-electron chi connectivity index (χ1n) is 8.55. The van der Waals surface area contributed by atoms with Crippen LogP contribution >= 0.6 is 11.5 Å². The molecule has 7 nitrogen and oxygen atoms in total. The molecular weight excluding hydrogens is 384 g/mol. The van der Waals surface area contributed by atoms with E-state index < -0.39 is 27.2 Å². The SMILES string of the molecule is Cc1ccc(C(NC(=O)Nc2nc(C(C)(C)C)ns2)C(C)S(C)(=O)=O)cc1. The van der Waals surface area contributed by atoms with Crippen molar-refractivity contribution in [3.8, 4) is 0 Å². The van der Waals surface area contributed by atoms with E-state index in [2.05, 4.69) is 20.0 Å². The first-order chi connectivity index (χ1) is 12.4. The summed E-state index contributed by atoms with van der Waals surface area (Å²) < 4.78 is 28.4. The minimum Gasteiger partial charge on any atom is -0.330 e. The van der Waals surface area contributed by atoms with Gasteiger partial charge in [-0.05, 0) is 19.4 Å². The van der Waals surface area contributed by atoms with E-state index >= 15 is 0 Å². The van der Waals surface area contributed by atoms with Crippen LogP contribution < -0.4 is 10.6 Å². The molecule has 9 heteroatoms. The highest BCUT2D eigenvalue weighted by molar-refractivity contribution is 7.91. The first-order valence-corrected chi connectivity index (χ1v) is 11.3. The summed E-state index contributed by atoms with van der Waals surface area (Å²) in [4.78, 5) is 16.8. The van der Waals surface area contributed by atoms with Crippen molar-refractivity contribution in [2.45, 2.75) is 51.3 Å². The van der Waals surface area contributed by atoms with E-state index in [9.17, 15) is 13.2 Å². The lowest BCUT2D eigenvalue weighted by atomic mass is 9.96. The fourth-order valence-corrected chi connectivity index (χ4v) is 3.82. The van der Waals surface area contributed by atoms with Crippen molar-refractivity contribution < 1.29 is 13.2 Å². The second-order valence-electron chi connectivity index (χ2n) is 7.69. The van der Waals surface area contributed by atoms with Crippen molar-refractivity contribution in [3.63, 3.8) is 0 Å². The van der Waals surface area contributed by atoms with Gasteiger partial charge >= 0.3 is 6.03 Å². The molecular formula is C18H26N4O3S2. The Bertz CT molecular complexity index is 899. The van der Waals surface area contributed by atoms with Gasteiger partial charge in [0.25, 0.3) is 0 Å². The molecule has 2 unspecified atom stereocenters. The van der Waals surface area contributed by atoms with Crippen molar-refractivity contribution in [3.05, 3.63) is 41.2 Å². The molecule has 0 aliphatic rings. The van der Waals surface area contributed by atoms with Crippen LogP contribution in [-0.2, 0) is 15.3 Å². The highest BCUT2D eigenvalue weighted by Crippen LogP contribution is 2.24. The van der Waals surface area contributed by atoms with Crippen LogP contribution in [0.15, 0.2) is 24.3 Å². The second kappa shape index (κ2) is 7.93. The van der Waals surface area contributed by atoms with Gasteiger partial charge < -0.3 is 5.32 Å². The zero-order valence-corrected chi connectivity index (χ0v) is 18.0. The minimum atomic E-state index is -3.36. The van der Waals surface area contributed by atoms with Crippen molar-refractivity contribution in [2.24, 2.45) is 0 Å². The minimum absolute atomic E-state index is 0.220. The van der Waals surface area contributed by atoms with Gasteiger partial charge in [-0.15, -0.1) is 0 Å². The molecule has 0 radical (unpaired) electrons. The molecule has 0 aliphatic carbocycles. The van der Waals surface area contributed by atoms with Gasteiger partial charge in [0.05, 0.1) is 11.3 Å². The van der Waals surface area contributed by atoms with Crippen LogP contribution in [0.5, 0.6) is 0 Å².